The van der Waals surface area contributed by atoms with Gasteiger partial charge < -0.3 is 9.47 Å². The number of fused-ring (bicyclic) bond motifs is 1. The van der Waals surface area contributed by atoms with Gasteiger partial charge in [-0.1, -0.05) is 15.9 Å². The highest BCUT2D eigenvalue weighted by atomic mass is 79.9. The number of nitrogens with zero attached hydrogens (tertiary/aromatic N) is 1. The van der Waals surface area contributed by atoms with Crippen molar-refractivity contribution in [2.75, 3.05) is 7.11 Å². The average Bonchev–Trinajstić information content (AvgIpc) is 2.74. The molecule has 0 aliphatic carbocycles. The Morgan fingerprint density at radius 2 is 2.05 bits per heavy atom. The Kier molecular flexibility index (Phi) is 4.09. The number of carbonyl (C=O) groups excluding carboxylic acids is 1. The second-order valence-corrected chi connectivity index (χ2v) is 6.08. The monoisotopic (exact) mass is 339 g/mol. The third-order valence-electron chi connectivity index (χ3n) is 2.83. The molecule has 1 heterocycles. The van der Waals surface area contributed by atoms with E-state index in [-0.39, 0.29) is 6.09 Å². The molecule has 1 aromatic heterocycles. The Bertz CT molecular complexity index is 640. The number of aromatic nitrogens is 1. The van der Waals surface area contributed by atoms with Gasteiger partial charge in [-0.15, -0.1) is 0 Å². The molecule has 0 bridgehead atoms. The van der Waals surface area contributed by atoms with Crippen molar-refractivity contribution in [3.63, 3.8) is 0 Å². The predicted octanol–water partition coefficient (Wildman–Crippen LogP) is 4.33. The smallest absolute Gasteiger partial charge is 0.419 e. The Morgan fingerprint density at radius 1 is 1.35 bits per heavy atom. The predicted molar refractivity (Wildman–Crippen MR) is 82.8 cm³/mol. The van der Waals surface area contributed by atoms with Crippen molar-refractivity contribution in [1.29, 1.82) is 0 Å². The van der Waals surface area contributed by atoms with E-state index in [0.717, 1.165) is 16.5 Å². The van der Waals surface area contributed by atoms with Gasteiger partial charge in [0.05, 0.1) is 12.6 Å². The molecule has 1 aromatic carbocycles. The molecule has 4 nitrogen and oxygen atoms in total. The van der Waals surface area contributed by atoms with Gasteiger partial charge >= 0.3 is 6.09 Å². The Hall–Kier alpha value is -1.49. The minimum atomic E-state index is -0.527. The van der Waals surface area contributed by atoms with Crippen molar-refractivity contribution in [2.45, 2.75) is 31.7 Å². The first-order valence-corrected chi connectivity index (χ1v) is 7.45. The zero-order valence-electron chi connectivity index (χ0n) is 12.1. The fraction of sp³-hybridized carbons (Fsp3) is 0.400. The molecule has 0 aliphatic rings. The van der Waals surface area contributed by atoms with E-state index < -0.39 is 5.60 Å². The molecule has 0 aliphatic heterocycles. The lowest BCUT2D eigenvalue weighted by atomic mass is 10.2. The molecular formula is C15H18BrNO3. The normalized spacial score (nSPS) is 11.7. The van der Waals surface area contributed by atoms with E-state index in [1.54, 1.807) is 13.3 Å². The summed E-state index contributed by atoms with van der Waals surface area (Å²) in [5, 5.41) is 1.68. The maximum Gasteiger partial charge on any atom is 0.419 e. The van der Waals surface area contributed by atoms with Crippen LogP contribution < -0.4 is 4.74 Å². The van der Waals surface area contributed by atoms with Crippen LogP contribution in [0.4, 0.5) is 4.79 Å². The zero-order valence-corrected chi connectivity index (χ0v) is 13.7. The summed E-state index contributed by atoms with van der Waals surface area (Å²) in [6, 6.07) is 5.67. The Balaban J connectivity index is 2.54. The number of methoxy groups -OCH3 is 1. The van der Waals surface area contributed by atoms with Crippen molar-refractivity contribution in [3.8, 4) is 5.75 Å². The number of benzene rings is 1. The molecule has 0 radical (unpaired) electrons. The Labute approximate surface area is 126 Å². The molecule has 20 heavy (non-hydrogen) atoms. The van der Waals surface area contributed by atoms with Crippen LogP contribution in [0.15, 0.2) is 24.4 Å². The number of ether oxygens (including phenoxy) is 2. The van der Waals surface area contributed by atoms with E-state index in [9.17, 15) is 4.79 Å². The number of hydrogen-bond donors (Lipinski definition) is 0. The molecule has 0 amide bonds. The van der Waals surface area contributed by atoms with Crippen LogP contribution in [0.3, 0.4) is 0 Å². The van der Waals surface area contributed by atoms with Crippen molar-refractivity contribution in [3.05, 3.63) is 30.0 Å². The van der Waals surface area contributed by atoms with E-state index >= 15 is 0 Å². The van der Waals surface area contributed by atoms with Gasteiger partial charge in [-0.3, -0.25) is 4.57 Å². The first-order chi connectivity index (χ1) is 9.35. The van der Waals surface area contributed by atoms with Crippen LogP contribution in [-0.4, -0.2) is 23.4 Å². The van der Waals surface area contributed by atoms with Gasteiger partial charge in [-0.25, -0.2) is 4.79 Å². The van der Waals surface area contributed by atoms with Crippen LogP contribution in [0.2, 0.25) is 0 Å². The summed E-state index contributed by atoms with van der Waals surface area (Å²) >= 11 is 3.44. The van der Waals surface area contributed by atoms with Gasteiger partial charge in [-0.2, -0.15) is 0 Å². The highest BCUT2D eigenvalue weighted by molar-refractivity contribution is 9.08. The van der Waals surface area contributed by atoms with Crippen LogP contribution >= 0.6 is 15.9 Å². The van der Waals surface area contributed by atoms with Crippen LogP contribution in [0.25, 0.3) is 10.9 Å². The van der Waals surface area contributed by atoms with E-state index in [1.165, 1.54) is 4.57 Å². The van der Waals surface area contributed by atoms with Crippen LogP contribution in [-0.2, 0) is 10.1 Å². The lowest BCUT2D eigenvalue weighted by molar-refractivity contribution is 0.0544. The van der Waals surface area contributed by atoms with Crippen molar-refractivity contribution in [2.24, 2.45) is 0 Å². The van der Waals surface area contributed by atoms with E-state index in [1.807, 2.05) is 39.0 Å². The quantitative estimate of drug-likeness (QED) is 0.764. The summed E-state index contributed by atoms with van der Waals surface area (Å²) in [6.45, 7) is 5.55. The third-order valence-corrected chi connectivity index (χ3v) is 3.43. The summed E-state index contributed by atoms with van der Waals surface area (Å²) in [5.74, 6) is 0.710. The fourth-order valence-corrected chi connectivity index (χ4v) is 2.42. The number of halogens is 1. The maximum absolute atomic E-state index is 12.3. The number of hydrogen-bond acceptors (Lipinski definition) is 3. The second kappa shape index (κ2) is 5.48. The summed E-state index contributed by atoms with van der Waals surface area (Å²) in [5.41, 5.74) is 1.29. The molecule has 0 saturated heterocycles. The summed E-state index contributed by atoms with van der Waals surface area (Å²) in [4.78, 5) is 12.3. The van der Waals surface area contributed by atoms with Crippen LogP contribution in [0.5, 0.6) is 5.75 Å². The minimum Gasteiger partial charge on any atom is -0.497 e. The molecule has 0 fully saturated rings. The van der Waals surface area contributed by atoms with Gasteiger partial charge in [0.15, 0.2) is 0 Å². The first kappa shape index (κ1) is 14.9. The van der Waals surface area contributed by atoms with Crippen LogP contribution in [0.1, 0.15) is 26.3 Å². The lowest BCUT2D eigenvalue weighted by Crippen LogP contribution is -2.26. The number of alkyl halides is 1. The van der Waals surface area contributed by atoms with E-state index in [2.05, 4.69) is 15.9 Å². The van der Waals surface area contributed by atoms with Crippen molar-refractivity contribution < 1.29 is 14.3 Å². The molecule has 0 spiro atoms. The summed E-state index contributed by atoms with van der Waals surface area (Å²) in [7, 11) is 1.60. The standard InChI is InChI=1S/C15H18BrNO3/c1-15(2,3)20-14(18)17-9-10(8-16)12-6-5-11(19-4)7-13(12)17/h5-7,9H,8H2,1-4H3. The first-order valence-electron chi connectivity index (χ1n) is 6.33. The highest BCUT2D eigenvalue weighted by Gasteiger charge is 2.20. The highest BCUT2D eigenvalue weighted by Crippen LogP contribution is 2.28. The fourth-order valence-electron chi connectivity index (χ4n) is 1.97. The zero-order chi connectivity index (χ0) is 14.9. The van der Waals surface area contributed by atoms with E-state index in [0.29, 0.717) is 11.1 Å². The average molecular weight is 340 g/mol. The van der Waals surface area contributed by atoms with Gasteiger partial charge in [0.25, 0.3) is 0 Å². The minimum absolute atomic E-state index is 0.386. The molecule has 108 valence electrons. The molecule has 0 unspecified atom stereocenters. The van der Waals surface area contributed by atoms with Gasteiger partial charge in [0.2, 0.25) is 0 Å². The largest absolute Gasteiger partial charge is 0.497 e. The van der Waals surface area contributed by atoms with Gasteiger partial charge in [-0.05, 0) is 38.5 Å². The van der Waals surface area contributed by atoms with Gasteiger partial charge in [0, 0.05) is 23.0 Å². The molecule has 2 rings (SSSR count). The lowest BCUT2D eigenvalue weighted by Gasteiger charge is -2.19. The maximum atomic E-state index is 12.3. The SMILES string of the molecule is COc1ccc2c(CBr)cn(C(=O)OC(C)(C)C)c2c1. The molecule has 2 aromatic rings. The third kappa shape index (κ3) is 2.98. The number of carbonyl (C=O) groups is 1. The van der Waals surface area contributed by atoms with Crippen LogP contribution in [0, 0.1) is 0 Å². The molecular weight excluding hydrogens is 322 g/mol. The molecule has 0 saturated carbocycles. The molecule has 0 N–H and O–H groups in total. The van der Waals surface area contributed by atoms with Gasteiger partial charge in [0.1, 0.15) is 11.4 Å². The van der Waals surface area contributed by atoms with Crippen molar-refractivity contribution >= 4 is 32.9 Å². The molecule has 5 heteroatoms. The van der Waals surface area contributed by atoms with E-state index in [4.69, 9.17) is 9.47 Å². The van der Waals surface area contributed by atoms with Crippen molar-refractivity contribution in [1.82, 2.24) is 4.57 Å². The topological polar surface area (TPSA) is 40.5 Å². The number of rotatable bonds is 2. The second-order valence-electron chi connectivity index (χ2n) is 5.52. The Morgan fingerprint density at radius 3 is 2.60 bits per heavy atom. The summed E-state index contributed by atoms with van der Waals surface area (Å²) in [6.07, 6.45) is 1.41. The molecule has 0 atom stereocenters. The summed E-state index contributed by atoms with van der Waals surface area (Å²) < 4.78 is 12.2.